The van der Waals surface area contributed by atoms with Gasteiger partial charge in [0, 0.05) is 25.4 Å². The molecule has 19 heavy (non-hydrogen) atoms. The first kappa shape index (κ1) is 16.3. The van der Waals surface area contributed by atoms with Crippen LogP contribution < -0.4 is 0 Å². The first-order valence-electron chi connectivity index (χ1n) is 8.38. The average molecular weight is 264 g/mol. The molecule has 0 fully saturated rings. The molecule has 0 aliphatic carbocycles. The second-order valence-corrected chi connectivity index (χ2v) is 5.62. The van der Waals surface area contributed by atoms with E-state index in [1.54, 1.807) is 0 Å². The second kappa shape index (κ2) is 11.1. The Balaban J connectivity index is 2.04. The van der Waals surface area contributed by atoms with Gasteiger partial charge in [-0.3, -0.25) is 0 Å². The third kappa shape index (κ3) is 7.39. The van der Waals surface area contributed by atoms with Gasteiger partial charge >= 0.3 is 0 Å². The molecule has 0 N–H and O–H groups in total. The highest BCUT2D eigenvalue weighted by atomic mass is 15.1. The van der Waals surface area contributed by atoms with Gasteiger partial charge in [0.2, 0.25) is 0 Å². The zero-order chi connectivity index (χ0) is 13.8. The van der Waals surface area contributed by atoms with Crippen molar-refractivity contribution in [2.75, 3.05) is 0 Å². The molecule has 2 nitrogen and oxygen atoms in total. The predicted octanol–water partition coefficient (Wildman–Crippen LogP) is 5.37. The summed E-state index contributed by atoms with van der Waals surface area (Å²) in [5.74, 6) is 1.28. The average Bonchev–Trinajstić information content (AvgIpc) is 2.87. The molecule has 0 saturated carbocycles. The van der Waals surface area contributed by atoms with Crippen molar-refractivity contribution in [2.45, 2.75) is 91.0 Å². The first-order chi connectivity index (χ1) is 9.38. The Bertz CT molecular complexity index is 304. The number of imidazole rings is 1. The molecule has 0 saturated heterocycles. The molecule has 0 aromatic carbocycles. The molecule has 0 aliphatic rings. The maximum absolute atomic E-state index is 4.47. The normalized spacial score (nSPS) is 11.1. The van der Waals surface area contributed by atoms with Crippen LogP contribution in [0.4, 0.5) is 0 Å². The number of rotatable bonds is 12. The van der Waals surface area contributed by atoms with Gasteiger partial charge in [0.25, 0.3) is 0 Å². The van der Waals surface area contributed by atoms with Crippen LogP contribution in [0.5, 0.6) is 0 Å². The summed E-state index contributed by atoms with van der Waals surface area (Å²) in [5.41, 5.74) is 0. The molecule has 1 rings (SSSR count). The van der Waals surface area contributed by atoms with E-state index in [4.69, 9.17) is 0 Å². The quantitative estimate of drug-likeness (QED) is 0.464. The summed E-state index contributed by atoms with van der Waals surface area (Å²) in [6.07, 6.45) is 18.9. The molecular weight excluding hydrogens is 232 g/mol. The van der Waals surface area contributed by atoms with Crippen LogP contribution in [-0.4, -0.2) is 9.55 Å². The van der Waals surface area contributed by atoms with Crippen molar-refractivity contribution in [3.05, 3.63) is 18.2 Å². The summed E-state index contributed by atoms with van der Waals surface area (Å²) in [5, 5.41) is 0. The highest BCUT2D eigenvalue weighted by molar-refractivity contribution is 4.92. The minimum Gasteiger partial charge on any atom is -0.335 e. The predicted molar refractivity (Wildman–Crippen MR) is 83.4 cm³/mol. The van der Waals surface area contributed by atoms with Crippen molar-refractivity contribution in [2.24, 2.45) is 0 Å². The Morgan fingerprint density at radius 3 is 2.16 bits per heavy atom. The molecule has 110 valence electrons. The topological polar surface area (TPSA) is 17.8 Å². The van der Waals surface area contributed by atoms with Crippen LogP contribution >= 0.6 is 0 Å². The van der Waals surface area contributed by atoms with Crippen molar-refractivity contribution in [3.63, 3.8) is 0 Å². The lowest BCUT2D eigenvalue weighted by Gasteiger charge is -2.07. The summed E-state index contributed by atoms with van der Waals surface area (Å²) in [6, 6.07) is 0. The lowest BCUT2D eigenvalue weighted by Crippen LogP contribution is -2.03. The Kier molecular flexibility index (Phi) is 9.48. The van der Waals surface area contributed by atoms with Gasteiger partial charge in [0.15, 0.2) is 0 Å². The Hall–Kier alpha value is -0.790. The van der Waals surface area contributed by atoms with Crippen LogP contribution in [0.15, 0.2) is 12.4 Å². The number of unbranched alkanes of at least 4 members (excludes halogenated alkanes) is 8. The number of nitrogens with zero attached hydrogens (tertiary/aromatic N) is 2. The molecule has 0 radical (unpaired) electrons. The van der Waals surface area contributed by atoms with Crippen LogP contribution in [0.2, 0.25) is 0 Å². The summed E-state index contributed by atoms with van der Waals surface area (Å²) in [7, 11) is 0. The number of hydrogen-bond donors (Lipinski definition) is 0. The number of aryl methyl sites for hydroxylation is 2. The molecule has 0 unspecified atom stereocenters. The van der Waals surface area contributed by atoms with Crippen LogP contribution in [0.1, 0.15) is 83.9 Å². The van der Waals surface area contributed by atoms with Crippen LogP contribution in [0.3, 0.4) is 0 Å². The largest absolute Gasteiger partial charge is 0.335 e. The van der Waals surface area contributed by atoms with Gasteiger partial charge in [0.1, 0.15) is 5.82 Å². The zero-order valence-electron chi connectivity index (χ0n) is 13.0. The van der Waals surface area contributed by atoms with Crippen molar-refractivity contribution in [1.29, 1.82) is 0 Å². The van der Waals surface area contributed by atoms with Crippen molar-refractivity contribution < 1.29 is 0 Å². The summed E-state index contributed by atoms with van der Waals surface area (Å²) in [6.45, 7) is 5.68. The molecule has 2 heteroatoms. The molecule has 0 atom stereocenters. The van der Waals surface area contributed by atoms with E-state index in [1.165, 1.54) is 70.0 Å². The third-order valence-electron chi connectivity index (χ3n) is 3.81. The standard InChI is InChI=1S/C17H32N2/c1-3-5-7-8-9-10-11-12-15-19-16-14-18-17(19)13-6-4-2/h14,16H,3-13,15H2,1-2H3. The maximum atomic E-state index is 4.47. The Labute approximate surface area is 119 Å². The minimum absolute atomic E-state index is 1.14. The van der Waals surface area contributed by atoms with Gasteiger partial charge < -0.3 is 4.57 Å². The zero-order valence-corrected chi connectivity index (χ0v) is 13.0. The molecule has 0 spiro atoms. The van der Waals surface area contributed by atoms with Gasteiger partial charge in [0.05, 0.1) is 0 Å². The van der Waals surface area contributed by atoms with Crippen molar-refractivity contribution in [1.82, 2.24) is 9.55 Å². The van der Waals surface area contributed by atoms with E-state index in [-0.39, 0.29) is 0 Å². The van der Waals surface area contributed by atoms with E-state index in [2.05, 4.69) is 29.6 Å². The van der Waals surface area contributed by atoms with Gasteiger partial charge in [-0.15, -0.1) is 0 Å². The smallest absolute Gasteiger partial charge is 0.108 e. The lowest BCUT2D eigenvalue weighted by atomic mass is 10.1. The number of hydrogen-bond acceptors (Lipinski definition) is 1. The fourth-order valence-electron chi connectivity index (χ4n) is 2.52. The fourth-order valence-corrected chi connectivity index (χ4v) is 2.52. The fraction of sp³-hybridized carbons (Fsp3) is 0.824. The summed E-state index contributed by atoms with van der Waals surface area (Å²) in [4.78, 5) is 4.47. The highest BCUT2D eigenvalue weighted by Gasteiger charge is 2.01. The van der Waals surface area contributed by atoms with Gasteiger partial charge in [-0.05, 0) is 12.8 Å². The van der Waals surface area contributed by atoms with E-state index in [9.17, 15) is 0 Å². The lowest BCUT2D eigenvalue weighted by molar-refractivity contribution is 0.532. The monoisotopic (exact) mass is 264 g/mol. The van der Waals surface area contributed by atoms with E-state index >= 15 is 0 Å². The van der Waals surface area contributed by atoms with E-state index in [1.807, 2.05) is 6.20 Å². The Morgan fingerprint density at radius 1 is 0.842 bits per heavy atom. The van der Waals surface area contributed by atoms with Crippen LogP contribution in [-0.2, 0) is 13.0 Å². The van der Waals surface area contributed by atoms with Crippen LogP contribution in [0.25, 0.3) is 0 Å². The molecule has 1 aromatic rings. The van der Waals surface area contributed by atoms with Crippen molar-refractivity contribution in [3.8, 4) is 0 Å². The molecule has 1 aromatic heterocycles. The molecule has 0 bridgehead atoms. The highest BCUT2D eigenvalue weighted by Crippen LogP contribution is 2.10. The minimum atomic E-state index is 1.14. The van der Waals surface area contributed by atoms with Gasteiger partial charge in [-0.2, -0.15) is 0 Å². The van der Waals surface area contributed by atoms with E-state index in [0.29, 0.717) is 0 Å². The van der Waals surface area contributed by atoms with Gasteiger partial charge in [-0.1, -0.05) is 65.2 Å². The Morgan fingerprint density at radius 2 is 1.47 bits per heavy atom. The molecular formula is C17H32N2. The van der Waals surface area contributed by atoms with Crippen LogP contribution in [0, 0.1) is 0 Å². The molecule has 0 aliphatic heterocycles. The maximum Gasteiger partial charge on any atom is 0.108 e. The summed E-state index contributed by atoms with van der Waals surface area (Å²) >= 11 is 0. The molecule has 1 heterocycles. The first-order valence-corrected chi connectivity index (χ1v) is 8.38. The van der Waals surface area contributed by atoms with Gasteiger partial charge in [-0.25, -0.2) is 4.98 Å². The SMILES string of the molecule is CCCCCCCCCCn1ccnc1CCCC. The second-order valence-electron chi connectivity index (χ2n) is 5.62. The molecule has 0 amide bonds. The number of aromatic nitrogens is 2. The van der Waals surface area contributed by atoms with E-state index < -0.39 is 0 Å². The summed E-state index contributed by atoms with van der Waals surface area (Å²) < 4.78 is 2.35. The van der Waals surface area contributed by atoms with Crippen molar-refractivity contribution >= 4 is 0 Å². The van der Waals surface area contributed by atoms with E-state index in [0.717, 1.165) is 13.0 Å². The third-order valence-corrected chi connectivity index (χ3v) is 3.81.